The van der Waals surface area contributed by atoms with Crippen LogP contribution in [0.25, 0.3) is 0 Å². The van der Waals surface area contributed by atoms with Gasteiger partial charge in [0, 0.05) is 30.7 Å². The highest BCUT2D eigenvalue weighted by atomic mass is 16.5. The fraction of sp³-hybridized carbons (Fsp3) is 0.750. The maximum absolute atomic E-state index is 14.1. The molecule has 0 bridgehead atoms. The van der Waals surface area contributed by atoms with Gasteiger partial charge < -0.3 is 24.5 Å². The van der Waals surface area contributed by atoms with Crippen molar-refractivity contribution in [3.8, 4) is 0 Å². The number of hydrogen-bond acceptors (Lipinski definition) is 8. The van der Waals surface area contributed by atoms with Crippen LogP contribution in [-0.4, -0.2) is 50.9 Å². The Kier molecular flexibility index (Phi) is 8.25. The fourth-order valence-electron chi connectivity index (χ4n) is 9.36. The Labute approximate surface area is 240 Å². The van der Waals surface area contributed by atoms with E-state index in [9.17, 15) is 29.4 Å². The number of ether oxygens (including phenoxy) is 1. The van der Waals surface area contributed by atoms with Crippen LogP contribution in [0.15, 0.2) is 27.6 Å². The second-order valence-corrected chi connectivity index (χ2v) is 13.5. The van der Waals surface area contributed by atoms with E-state index in [0.29, 0.717) is 63.4 Å². The van der Waals surface area contributed by atoms with Crippen LogP contribution in [-0.2, 0) is 19.1 Å². The second-order valence-electron chi connectivity index (χ2n) is 13.5. The Morgan fingerprint density at radius 1 is 1.00 bits per heavy atom. The van der Waals surface area contributed by atoms with E-state index >= 15 is 0 Å². The van der Waals surface area contributed by atoms with Gasteiger partial charge in [0.1, 0.15) is 12.2 Å². The molecule has 5 rings (SSSR count). The van der Waals surface area contributed by atoms with E-state index in [1.165, 1.54) is 12.3 Å². The third kappa shape index (κ3) is 5.07. The fourth-order valence-corrected chi connectivity index (χ4v) is 9.36. The number of aliphatic carboxylic acids is 1. The predicted molar refractivity (Wildman–Crippen MR) is 148 cm³/mol. The van der Waals surface area contributed by atoms with Gasteiger partial charge in [-0.2, -0.15) is 0 Å². The molecule has 0 unspecified atom stereocenters. The average molecular weight is 573 g/mol. The maximum Gasteiger partial charge on any atom is 0.335 e. The lowest BCUT2D eigenvalue weighted by Crippen LogP contribution is -2.70. The molecule has 3 N–H and O–H groups in total. The first-order chi connectivity index (χ1) is 19.4. The summed E-state index contributed by atoms with van der Waals surface area (Å²) in [5.41, 5.74) is -2.58. The first-order valence-corrected chi connectivity index (χ1v) is 15.4. The normalized spacial score (nSPS) is 39.9. The highest BCUT2D eigenvalue weighted by Crippen LogP contribution is 2.69. The van der Waals surface area contributed by atoms with Crippen molar-refractivity contribution in [3.05, 3.63) is 34.4 Å². The second kappa shape index (κ2) is 11.3. The Morgan fingerprint density at radius 2 is 1.73 bits per heavy atom. The van der Waals surface area contributed by atoms with Crippen LogP contribution >= 0.6 is 0 Å². The van der Waals surface area contributed by atoms with Crippen LogP contribution in [0.3, 0.4) is 0 Å². The average Bonchev–Trinajstić information content (AvgIpc) is 3.21. The third-order valence-corrected chi connectivity index (χ3v) is 11.6. The number of carbonyl (C=O) groups excluding carboxylic acids is 2. The van der Waals surface area contributed by atoms with Crippen LogP contribution in [0.2, 0.25) is 0 Å². The zero-order valence-corrected chi connectivity index (χ0v) is 24.2. The number of esters is 1. The summed E-state index contributed by atoms with van der Waals surface area (Å²) in [5.74, 6) is -2.14. The van der Waals surface area contributed by atoms with Gasteiger partial charge in [0.05, 0.1) is 17.3 Å². The van der Waals surface area contributed by atoms with Crippen LogP contribution < -0.4 is 5.63 Å². The van der Waals surface area contributed by atoms with E-state index in [1.807, 2.05) is 0 Å². The molecular formula is C32H44O9. The minimum atomic E-state index is -1.27. The number of hydrogen-bond donors (Lipinski definition) is 3. The number of carboxylic acid groups (broad SMARTS) is 1. The van der Waals surface area contributed by atoms with Gasteiger partial charge >= 0.3 is 17.6 Å². The molecule has 226 valence electrons. The van der Waals surface area contributed by atoms with Gasteiger partial charge in [-0.1, -0.05) is 19.8 Å². The smallest absolute Gasteiger partial charge is 0.335 e. The number of Topliss-reactive ketones (excluding diaryl/α,β-unsaturated/α-hetero) is 1. The molecule has 9 heteroatoms. The Balaban J connectivity index is 1.25. The molecule has 4 aliphatic carbocycles. The maximum atomic E-state index is 14.1. The molecule has 0 aliphatic heterocycles. The number of carboxylic acids is 1. The van der Waals surface area contributed by atoms with Crippen LogP contribution in [0.4, 0.5) is 0 Å². The largest absolute Gasteiger partial charge is 0.481 e. The van der Waals surface area contributed by atoms with Crippen molar-refractivity contribution in [1.82, 2.24) is 0 Å². The molecule has 1 aromatic heterocycles. The van der Waals surface area contributed by atoms with Gasteiger partial charge in [-0.15, -0.1) is 0 Å². The lowest BCUT2D eigenvalue weighted by molar-refractivity contribution is -0.229. The number of carbonyl (C=O) groups is 3. The quantitative estimate of drug-likeness (QED) is 0.289. The molecule has 4 saturated carbocycles. The number of aliphatic hydroxyl groups excluding tert-OH is 1. The molecule has 0 aromatic carbocycles. The van der Waals surface area contributed by atoms with E-state index in [2.05, 4.69) is 6.92 Å². The Hall–Kier alpha value is -2.52. The summed E-state index contributed by atoms with van der Waals surface area (Å²) in [4.78, 5) is 48.8. The SMILES string of the molecule is C[C@]12CC[C@H](OC(=O)CCCCCCC(=O)O)C[C@@H]1CC[C@@H]1[C@@H]2[C@H](O)C(=O)[C@]2(C)[C@@H](c3ccc(=O)oc3)CC[C@]12O. The van der Waals surface area contributed by atoms with Gasteiger partial charge in [-0.3, -0.25) is 14.4 Å². The summed E-state index contributed by atoms with van der Waals surface area (Å²) < 4.78 is 10.9. The summed E-state index contributed by atoms with van der Waals surface area (Å²) in [6.45, 7) is 3.93. The van der Waals surface area contributed by atoms with Gasteiger partial charge in [0.2, 0.25) is 0 Å². The first kappa shape index (κ1) is 30.0. The van der Waals surface area contributed by atoms with E-state index in [4.69, 9.17) is 14.3 Å². The lowest BCUT2D eigenvalue weighted by atomic mass is 9.42. The van der Waals surface area contributed by atoms with E-state index in [-0.39, 0.29) is 53.4 Å². The highest BCUT2D eigenvalue weighted by molar-refractivity contribution is 5.93. The summed E-state index contributed by atoms with van der Waals surface area (Å²) >= 11 is 0. The monoisotopic (exact) mass is 572 g/mol. The van der Waals surface area contributed by atoms with Crippen molar-refractivity contribution < 1.29 is 38.9 Å². The van der Waals surface area contributed by atoms with Crippen molar-refractivity contribution in [2.45, 2.75) is 121 Å². The predicted octanol–water partition coefficient (Wildman–Crippen LogP) is 4.37. The van der Waals surface area contributed by atoms with Gasteiger partial charge in [-0.25, -0.2) is 4.79 Å². The zero-order valence-electron chi connectivity index (χ0n) is 24.2. The molecule has 1 heterocycles. The topological polar surface area (TPSA) is 151 Å². The molecule has 0 saturated heterocycles. The van der Waals surface area contributed by atoms with Gasteiger partial charge in [-0.05, 0) is 93.6 Å². The molecule has 9 nitrogen and oxygen atoms in total. The molecule has 41 heavy (non-hydrogen) atoms. The summed E-state index contributed by atoms with van der Waals surface area (Å²) in [5, 5.41) is 32.7. The number of fused-ring (bicyclic) bond motifs is 5. The summed E-state index contributed by atoms with van der Waals surface area (Å²) in [6.07, 6.45) is 7.92. The van der Waals surface area contributed by atoms with E-state index in [0.717, 1.165) is 19.3 Å². The number of rotatable bonds is 9. The molecular weight excluding hydrogens is 528 g/mol. The molecule has 4 fully saturated rings. The number of unbranched alkanes of at least 4 members (excludes halogenated alkanes) is 3. The number of ketones is 1. The molecule has 4 aliphatic rings. The van der Waals surface area contributed by atoms with E-state index < -0.39 is 28.7 Å². The van der Waals surface area contributed by atoms with Gasteiger partial charge in [0.25, 0.3) is 0 Å². The van der Waals surface area contributed by atoms with Gasteiger partial charge in [0.15, 0.2) is 5.78 Å². The molecule has 1 aromatic rings. The highest BCUT2D eigenvalue weighted by Gasteiger charge is 2.73. The first-order valence-electron chi connectivity index (χ1n) is 15.4. The van der Waals surface area contributed by atoms with Crippen molar-refractivity contribution in [3.63, 3.8) is 0 Å². The third-order valence-electron chi connectivity index (χ3n) is 11.6. The zero-order chi connectivity index (χ0) is 29.6. The molecule has 0 amide bonds. The Bertz CT molecular complexity index is 1200. The molecule has 0 radical (unpaired) electrons. The van der Waals surface area contributed by atoms with Crippen LogP contribution in [0.1, 0.15) is 109 Å². The minimum absolute atomic E-state index is 0.151. The standard InChI is InChI=1S/C32H44O9/c1-30-15-13-21(41-26(36)8-6-4-3-5-7-24(33)34)17-20(30)10-11-23-27(30)28(37)29(38)31(2)22(14-16-32(23,31)39)19-9-12-25(35)40-18-19/h9,12,18,20-23,27-28,37,39H,3-8,10-11,13-17H2,1-2H3,(H,33,34)/t20-,21-,22+,23+,27+,28-,30-,31-,32-/m0/s1. The summed E-state index contributed by atoms with van der Waals surface area (Å²) in [6, 6.07) is 3.00. The summed E-state index contributed by atoms with van der Waals surface area (Å²) in [7, 11) is 0. The van der Waals surface area contributed by atoms with E-state index in [1.54, 1.807) is 13.0 Å². The van der Waals surface area contributed by atoms with Crippen molar-refractivity contribution in [2.24, 2.45) is 28.6 Å². The lowest BCUT2D eigenvalue weighted by Gasteiger charge is -2.64. The minimum Gasteiger partial charge on any atom is -0.481 e. The van der Waals surface area contributed by atoms with Crippen molar-refractivity contribution >= 4 is 17.7 Å². The van der Waals surface area contributed by atoms with Crippen molar-refractivity contribution in [1.29, 1.82) is 0 Å². The van der Waals surface area contributed by atoms with Crippen LogP contribution in [0.5, 0.6) is 0 Å². The van der Waals surface area contributed by atoms with Crippen LogP contribution in [0, 0.1) is 28.6 Å². The van der Waals surface area contributed by atoms with Crippen molar-refractivity contribution in [2.75, 3.05) is 0 Å². The Morgan fingerprint density at radius 3 is 2.41 bits per heavy atom. The number of aliphatic hydroxyl groups is 2. The molecule has 0 spiro atoms. The molecule has 9 atom stereocenters.